The highest BCUT2D eigenvalue weighted by Crippen LogP contribution is 2.16. The van der Waals surface area contributed by atoms with Crippen LogP contribution in [-0.4, -0.2) is 32.1 Å². The minimum atomic E-state index is -0.371. The Bertz CT molecular complexity index is 392. The third-order valence-electron chi connectivity index (χ3n) is 2.58. The van der Waals surface area contributed by atoms with Crippen LogP contribution in [0.5, 0.6) is 0 Å². The fraction of sp³-hybridized carbons (Fsp3) is 0.385. The molecule has 1 aromatic rings. The molecule has 1 atom stereocenters. The van der Waals surface area contributed by atoms with Gasteiger partial charge in [0.2, 0.25) is 5.91 Å². The summed E-state index contributed by atoms with van der Waals surface area (Å²) in [5, 5.41) is 3.03. The van der Waals surface area contributed by atoms with E-state index in [1.807, 2.05) is 30.3 Å². The number of amides is 1. The third kappa shape index (κ3) is 4.55. The second kappa shape index (κ2) is 7.45. The molecule has 0 aromatic heterocycles. The van der Waals surface area contributed by atoms with E-state index in [2.05, 4.69) is 5.32 Å². The van der Waals surface area contributed by atoms with Gasteiger partial charge in [-0.05, 0) is 5.56 Å². The molecule has 0 aliphatic carbocycles. The van der Waals surface area contributed by atoms with Crippen LogP contribution in [0.3, 0.4) is 0 Å². The van der Waals surface area contributed by atoms with Crippen molar-refractivity contribution in [3.63, 3.8) is 0 Å². The number of methoxy groups -OCH3 is 1. The summed E-state index contributed by atoms with van der Waals surface area (Å²) >= 11 is 0. The number of carbonyl (C=O) groups is 2. The lowest BCUT2D eigenvalue weighted by atomic mass is 9.99. The first-order chi connectivity index (χ1) is 8.65. The Labute approximate surface area is 106 Å². The van der Waals surface area contributed by atoms with Gasteiger partial charge in [-0.15, -0.1) is 0 Å². The molecule has 18 heavy (non-hydrogen) atoms. The summed E-state index contributed by atoms with van der Waals surface area (Å²) in [6, 6.07) is 9.37. The van der Waals surface area contributed by atoms with Gasteiger partial charge in [-0.3, -0.25) is 9.59 Å². The summed E-state index contributed by atoms with van der Waals surface area (Å²) in [7, 11) is 1.36. The van der Waals surface area contributed by atoms with Crippen molar-refractivity contribution in [3.8, 4) is 0 Å². The van der Waals surface area contributed by atoms with E-state index < -0.39 is 0 Å². The predicted molar refractivity (Wildman–Crippen MR) is 67.9 cm³/mol. The third-order valence-corrected chi connectivity index (χ3v) is 2.58. The maximum absolute atomic E-state index is 11.7. The van der Waals surface area contributed by atoms with Crippen LogP contribution in [0.4, 0.5) is 0 Å². The van der Waals surface area contributed by atoms with Crippen LogP contribution in [0, 0.1) is 0 Å². The molecule has 0 aliphatic heterocycles. The summed E-state index contributed by atoms with van der Waals surface area (Å²) in [4.78, 5) is 22.3. The van der Waals surface area contributed by atoms with Gasteiger partial charge in [0.1, 0.15) is 0 Å². The minimum absolute atomic E-state index is 0.253. The topological polar surface area (TPSA) is 81.4 Å². The Morgan fingerprint density at radius 2 is 2.00 bits per heavy atom. The number of nitrogens with one attached hydrogen (secondary N) is 1. The maximum Gasteiger partial charge on any atom is 0.314 e. The first-order valence-electron chi connectivity index (χ1n) is 5.77. The van der Waals surface area contributed by atoms with Crippen molar-refractivity contribution in [2.75, 3.05) is 20.2 Å². The molecule has 0 radical (unpaired) electrons. The average molecular weight is 250 g/mol. The molecule has 0 aliphatic rings. The standard InChI is InChI=1S/C13H18N2O3/c1-18-13(17)11(9-15-8-7-12(14)16)10-5-3-2-4-6-10/h2-6,11,15H,7-9H2,1H3,(H2,14,16). The Hall–Kier alpha value is -1.88. The fourth-order valence-corrected chi connectivity index (χ4v) is 1.62. The van der Waals surface area contributed by atoms with E-state index >= 15 is 0 Å². The van der Waals surface area contributed by atoms with Crippen molar-refractivity contribution >= 4 is 11.9 Å². The number of benzene rings is 1. The van der Waals surface area contributed by atoms with E-state index in [0.29, 0.717) is 13.1 Å². The summed E-state index contributed by atoms with van der Waals surface area (Å²) in [6.07, 6.45) is 0.253. The van der Waals surface area contributed by atoms with Gasteiger partial charge in [0.05, 0.1) is 13.0 Å². The molecule has 5 heteroatoms. The summed E-state index contributed by atoms with van der Waals surface area (Å²) in [6.45, 7) is 0.875. The van der Waals surface area contributed by atoms with Gasteiger partial charge < -0.3 is 15.8 Å². The number of esters is 1. The number of carbonyl (C=O) groups excluding carboxylic acids is 2. The van der Waals surface area contributed by atoms with E-state index in [0.717, 1.165) is 5.56 Å². The van der Waals surface area contributed by atoms with Gasteiger partial charge in [0.25, 0.3) is 0 Å². The number of primary amides is 1. The first-order valence-corrected chi connectivity index (χ1v) is 5.77. The van der Waals surface area contributed by atoms with Crippen LogP contribution in [-0.2, 0) is 14.3 Å². The smallest absolute Gasteiger partial charge is 0.314 e. The molecule has 0 fully saturated rings. The largest absolute Gasteiger partial charge is 0.469 e. The summed E-state index contributed by atoms with van der Waals surface area (Å²) < 4.78 is 4.77. The average Bonchev–Trinajstić information content (AvgIpc) is 2.38. The molecular weight excluding hydrogens is 232 g/mol. The van der Waals surface area contributed by atoms with Gasteiger partial charge in [0.15, 0.2) is 0 Å². The second-order valence-corrected chi connectivity index (χ2v) is 3.91. The van der Waals surface area contributed by atoms with E-state index in [9.17, 15) is 9.59 Å². The molecule has 0 saturated carbocycles. The molecular formula is C13H18N2O3. The maximum atomic E-state index is 11.7. The van der Waals surface area contributed by atoms with Crippen LogP contribution in [0.25, 0.3) is 0 Å². The van der Waals surface area contributed by atoms with E-state index in [4.69, 9.17) is 10.5 Å². The lowest BCUT2D eigenvalue weighted by Gasteiger charge is -2.15. The molecule has 1 aromatic carbocycles. The lowest BCUT2D eigenvalue weighted by molar-refractivity contribution is -0.142. The van der Waals surface area contributed by atoms with Crippen LogP contribution in [0.2, 0.25) is 0 Å². The highest BCUT2D eigenvalue weighted by Gasteiger charge is 2.20. The number of nitrogens with two attached hydrogens (primary N) is 1. The Morgan fingerprint density at radius 1 is 1.33 bits per heavy atom. The highest BCUT2D eigenvalue weighted by atomic mass is 16.5. The molecule has 0 bridgehead atoms. The van der Waals surface area contributed by atoms with Gasteiger partial charge in [-0.25, -0.2) is 0 Å². The number of ether oxygens (including phenoxy) is 1. The van der Waals surface area contributed by atoms with Crippen molar-refractivity contribution in [1.29, 1.82) is 0 Å². The number of rotatable bonds is 7. The van der Waals surface area contributed by atoms with E-state index in [-0.39, 0.29) is 24.2 Å². The first kappa shape index (κ1) is 14.2. The Balaban J connectivity index is 2.57. The zero-order valence-electron chi connectivity index (χ0n) is 10.4. The summed E-state index contributed by atoms with van der Waals surface area (Å²) in [5.74, 6) is -1.03. The zero-order valence-corrected chi connectivity index (χ0v) is 10.4. The normalized spacial score (nSPS) is 11.8. The molecule has 1 amide bonds. The van der Waals surface area contributed by atoms with Gasteiger partial charge >= 0.3 is 5.97 Å². The number of hydrogen-bond acceptors (Lipinski definition) is 4. The fourth-order valence-electron chi connectivity index (χ4n) is 1.62. The Morgan fingerprint density at radius 3 is 2.56 bits per heavy atom. The van der Waals surface area contributed by atoms with Crippen molar-refractivity contribution < 1.29 is 14.3 Å². The van der Waals surface area contributed by atoms with Crippen molar-refractivity contribution in [1.82, 2.24) is 5.32 Å². The van der Waals surface area contributed by atoms with Crippen LogP contribution >= 0.6 is 0 Å². The molecule has 1 rings (SSSR count). The van der Waals surface area contributed by atoms with E-state index in [1.165, 1.54) is 7.11 Å². The van der Waals surface area contributed by atoms with Crippen molar-refractivity contribution in [2.24, 2.45) is 5.73 Å². The van der Waals surface area contributed by atoms with Gasteiger partial charge in [0, 0.05) is 19.5 Å². The quantitative estimate of drug-likeness (QED) is 0.542. The molecule has 0 heterocycles. The van der Waals surface area contributed by atoms with Crippen LogP contribution in [0.1, 0.15) is 17.9 Å². The summed E-state index contributed by atoms with van der Waals surface area (Å²) in [5.41, 5.74) is 5.92. The van der Waals surface area contributed by atoms with Crippen LogP contribution in [0.15, 0.2) is 30.3 Å². The monoisotopic (exact) mass is 250 g/mol. The predicted octanol–water partition coefficient (Wildman–Crippen LogP) is 0.408. The van der Waals surface area contributed by atoms with Crippen LogP contribution < -0.4 is 11.1 Å². The lowest BCUT2D eigenvalue weighted by Crippen LogP contribution is -2.30. The second-order valence-electron chi connectivity index (χ2n) is 3.91. The molecule has 0 saturated heterocycles. The molecule has 1 unspecified atom stereocenters. The highest BCUT2D eigenvalue weighted by molar-refractivity contribution is 5.78. The van der Waals surface area contributed by atoms with Crippen molar-refractivity contribution in [2.45, 2.75) is 12.3 Å². The number of hydrogen-bond donors (Lipinski definition) is 2. The molecule has 3 N–H and O–H groups in total. The Kier molecular flexibility index (Phi) is 5.87. The SMILES string of the molecule is COC(=O)C(CNCCC(N)=O)c1ccccc1. The zero-order chi connectivity index (χ0) is 13.4. The molecule has 98 valence electrons. The molecule has 5 nitrogen and oxygen atoms in total. The minimum Gasteiger partial charge on any atom is -0.469 e. The van der Waals surface area contributed by atoms with E-state index in [1.54, 1.807) is 0 Å². The van der Waals surface area contributed by atoms with Gasteiger partial charge in [-0.2, -0.15) is 0 Å². The molecule has 0 spiro atoms. The van der Waals surface area contributed by atoms with Gasteiger partial charge in [-0.1, -0.05) is 30.3 Å². The van der Waals surface area contributed by atoms with Crippen molar-refractivity contribution in [3.05, 3.63) is 35.9 Å².